The van der Waals surface area contributed by atoms with Crippen molar-refractivity contribution >= 4 is 11.7 Å². The van der Waals surface area contributed by atoms with E-state index in [2.05, 4.69) is 17.6 Å². The number of β-amino-alcohol motifs (C(OH)–C–C–N with tert-alkyl or cyclic N) is 1. The van der Waals surface area contributed by atoms with E-state index in [1.807, 2.05) is 32.0 Å². The Morgan fingerprint density at radius 1 is 1.33 bits per heavy atom. The molecule has 3 atom stereocenters. The van der Waals surface area contributed by atoms with Gasteiger partial charge in [0.05, 0.1) is 24.3 Å². The van der Waals surface area contributed by atoms with Gasteiger partial charge in [-0.25, -0.2) is 15.3 Å². The van der Waals surface area contributed by atoms with Crippen LogP contribution in [0.25, 0.3) is 0 Å². The molecular formula is C25H26N4O4. The summed E-state index contributed by atoms with van der Waals surface area (Å²) in [5.74, 6) is 1.50. The maximum Gasteiger partial charge on any atom is 0.223 e. The average Bonchev–Trinajstić information content (AvgIpc) is 3.49. The third-order valence-corrected chi connectivity index (χ3v) is 6.42. The summed E-state index contributed by atoms with van der Waals surface area (Å²) in [5.41, 5.74) is 7.40. The third kappa shape index (κ3) is 3.73. The molecule has 1 amide bonds. The fraction of sp³-hybridized carbons (Fsp3) is 0.400. The lowest BCUT2D eigenvalue weighted by molar-refractivity contribution is -0.129. The smallest absolute Gasteiger partial charge is 0.223 e. The molecule has 1 aliphatic carbocycles. The number of amides is 1. The van der Waals surface area contributed by atoms with Crippen molar-refractivity contribution in [3.8, 4) is 11.8 Å². The molecule has 0 bridgehead atoms. The summed E-state index contributed by atoms with van der Waals surface area (Å²) in [4.78, 5) is 24.7. The molecule has 2 N–H and O–H groups in total. The standard InChI is InChI=1S/C25H26N4O4/c1-14(2)32-21-7-6-15(10-17(21)13-26)25-27-24(28-33-25)19-5-3-4-18-20(19)11-16-12-22(31)29(8-9-30)23(16)18/h3-7,10,14,16,23,25,30H,8-9,11-12H2,1-2H3,(H,27,28). The van der Waals surface area contributed by atoms with E-state index in [4.69, 9.17) is 14.6 Å². The summed E-state index contributed by atoms with van der Waals surface area (Å²) in [5, 5.41) is 18.9. The van der Waals surface area contributed by atoms with Gasteiger partial charge in [0.25, 0.3) is 0 Å². The molecule has 2 heterocycles. The van der Waals surface area contributed by atoms with Gasteiger partial charge in [-0.2, -0.15) is 5.26 Å². The number of hydrogen-bond acceptors (Lipinski definition) is 7. The topological polar surface area (TPSA) is 107 Å². The number of hydroxylamine groups is 1. The Morgan fingerprint density at radius 2 is 2.18 bits per heavy atom. The van der Waals surface area contributed by atoms with Crippen LogP contribution in [-0.4, -0.2) is 41.0 Å². The maximum atomic E-state index is 12.4. The van der Waals surface area contributed by atoms with Crippen molar-refractivity contribution in [2.75, 3.05) is 13.2 Å². The second kappa shape index (κ2) is 8.50. The van der Waals surface area contributed by atoms with Gasteiger partial charge in [0.15, 0.2) is 5.84 Å². The average molecular weight is 447 g/mol. The molecular weight excluding hydrogens is 420 g/mol. The highest BCUT2D eigenvalue weighted by atomic mass is 16.7. The molecule has 5 rings (SSSR count). The van der Waals surface area contributed by atoms with Crippen molar-refractivity contribution in [1.29, 1.82) is 5.26 Å². The van der Waals surface area contributed by atoms with Crippen LogP contribution in [0.4, 0.5) is 0 Å². The van der Waals surface area contributed by atoms with Crippen LogP contribution in [0.3, 0.4) is 0 Å². The second-order valence-electron chi connectivity index (χ2n) is 8.88. The molecule has 8 nitrogen and oxygen atoms in total. The predicted octanol–water partition coefficient (Wildman–Crippen LogP) is 2.76. The largest absolute Gasteiger partial charge is 0.490 e. The van der Waals surface area contributed by atoms with E-state index in [1.165, 1.54) is 0 Å². The Morgan fingerprint density at radius 3 is 2.94 bits per heavy atom. The number of nitrogens with one attached hydrogen (secondary N) is 1. The van der Waals surface area contributed by atoms with Crippen LogP contribution in [-0.2, 0) is 16.1 Å². The van der Waals surface area contributed by atoms with Crippen molar-refractivity contribution in [1.82, 2.24) is 10.4 Å². The Kier molecular flexibility index (Phi) is 5.52. The highest BCUT2D eigenvalue weighted by Crippen LogP contribution is 2.48. The number of aliphatic imine (C=N–C) groups is 1. The fourth-order valence-electron chi connectivity index (χ4n) is 5.13. The molecule has 170 valence electrons. The Bertz CT molecular complexity index is 1170. The molecule has 0 spiro atoms. The lowest BCUT2D eigenvalue weighted by atomic mass is 10.0. The number of likely N-dealkylation sites (tertiary alicyclic amines) is 1. The number of rotatable bonds is 6. The monoisotopic (exact) mass is 446 g/mol. The number of aliphatic hydroxyl groups is 1. The SMILES string of the molecule is CC(C)Oc1ccc(C2N=C(c3cccc4c3CC3CC(=O)N(CCO)C43)NO2)cc1C#N. The van der Waals surface area contributed by atoms with Crippen molar-refractivity contribution in [3.63, 3.8) is 0 Å². The van der Waals surface area contributed by atoms with E-state index in [1.54, 1.807) is 17.0 Å². The quantitative estimate of drug-likeness (QED) is 0.707. The van der Waals surface area contributed by atoms with Crippen molar-refractivity contribution < 1.29 is 19.5 Å². The van der Waals surface area contributed by atoms with Gasteiger partial charge in [-0.15, -0.1) is 0 Å². The lowest BCUT2D eigenvalue weighted by Gasteiger charge is -2.24. The number of benzene rings is 2. The molecule has 3 aliphatic rings. The van der Waals surface area contributed by atoms with Gasteiger partial charge in [-0.05, 0) is 49.4 Å². The van der Waals surface area contributed by atoms with Gasteiger partial charge >= 0.3 is 0 Å². The van der Waals surface area contributed by atoms with E-state index in [0.717, 1.165) is 28.7 Å². The number of carbonyl (C=O) groups is 1. The summed E-state index contributed by atoms with van der Waals surface area (Å²) in [6, 6.07) is 13.6. The zero-order chi connectivity index (χ0) is 23.1. The van der Waals surface area contributed by atoms with Crippen LogP contribution in [0.1, 0.15) is 60.4 Å². The van der Waals surface area contributed by atoms with E-state index in [9.17, 15) is 15.2 Å². The molecule has 0 saturated carbocycles. The first-order valence-electron chi connectivity index (χ1n) is 11.2. The minimum atomic E-state index is -0.579. The van der Waals surface area contributed by atoms with Crippen molar-refractivity contribution in [2.24, 2.45) is 10.9 Å². The molecule has 3 unspecified atom stereocenters. The highest BCUT2D eigenvalue weighted by Gasteiger charge is 2.46. The number of ether oxygens (including phenoxy) is 1. The molecule has 2 aromatic carbocycles. The van der Waals surface area contributed by atoms with E-state index >= 15 is 0 Å². The first-order valence-corrected chi connectivity index (χ1v) is 11.2. The predicted molar refractivity (Wildman–Crippen MR) is 120 cm³/mol. The minimum absolute atomic E-state index is 0.00464. The Balaban J connectivity index is 1.43. The summed E-state index contributed by atoms with van der Waals surface area (Å²) in [7, 11) is 0. The minimum Gasteiger partial charge on any atom is -0.490 e. The molecule has 1 saturated heterocycles. The van der Waals surface area contributed by atoms with Crippen LogP contribution in [0, 0.1) is 17.2 Å². The fourth-order valence-corrected chi connectivity index (χ4v) is 5.13. The molecule has 0 aromatic heterocycles. The zero-order valence-electron chi connectivity index (χ0n) is 18.6. The van der Waals surface area contributed by atoms with Gasteiger partial charge in [-0.3, -0.25) is 4.79 Å². The molecule has 2 aliphatic heterocycles. The van der Waals surface area contributed by atoms with Gasteiger partial charge in [0.2, 0.25) is 12.1 Å². The summed E-state index contributed by atoms with van der Waals surface area (Å²) >= 11 is 0. The maximum absolute atomic E-state index is 12.4. The van der Waals surface area contributed by atoms with Crippen molar-refractivity contribution in [3.05, 3.63) is 64.2 Å². The lowest BCUT2D eigenvalue weighted by Crippen LogP contribution is -2.30. The second-order valence-corrected chi connectivity index (χ2v) is 8.88. The van der Waals surface area contributed by atoms with Crippen LogP contribution in [0.2, 0.25) is 0 Å². The van der Waals surface area contributed by atoms with E-state index < -0.39 is 6.23 Å². The summed E-state index contributed by atoms with van der Waals surface area (Å²) in [6.07, 6.45) is 0.679. The van der Waals surface area contributed by atoms with E-state index in [-0.39, 0.29) is 30.6 Å². The van der Waals surface area contributed by atoms with Crippen LogP contribution >= 0.6 is 0 Å². The van der Waals surface area contributed by atoms with Gasteiger partial charge in [0.1, 0.15) is 11.8 Å². The Hall–Kier alpha value is -3.41. The van der Waals surface area contributed by atoms with Gasteiger partial charge < -0.3 is 14.7 Å². The molecule has 8 heteroatoms. The number of hydrogen-bond donors (Lipinski definition) is 2. The van der Waals surface area contributed by atoms with Crippen molar-refractivity contribution in [2.45, 2.75) is 45.1 Å². The highest BCUT2D eigenvalue weighted by molar-refractivity contribution is 6.01. The molecule has 1 fully saturated rings. The van der Waals surface area contributed by atoms with Crippen LogP contribution in [0.5, 0.6) is 5.75 Å². The van der Waals surface area contributed by atoms with Crippen LogP contribution < -0.4 is 10.2 Å². The number of amidine groups is 1. The third-order valence-electron chi connectivity index (χ3n) is 6.42. The van der Waals surface area contributed by atoms with E-state index in [0.29, 0.717) is 30.1 Å². The first-order chi connectivity index (χ1) is 16.0. The molecule has 2 aromatic rings. The first kappa shape index (κ1) is 21.4. The normalized spacial score (nSPS) is 23.2. The number of fused-ring (bicyclic) bond motifs is 3. The Labute approximate surface area is 192 Å². The molecule has 0 radical (unpaired) electrons. The molecule has 33 heavy (non-hydrogen) atoms. The zero-order valence-corrected chi connectivity index (χ0v) is 18.6. The van der Waals surface area contributed by atoms with Gasteiger partial charge in [-0.1, -0.05) is 24.3 Å². The number of carbonyl (C=O) groups excluding carboxylic acids is 1. The summed E-state index contributed by atoms with van der Waals surface area (Å²) < 4.78 is 5.71. The van der Waals surface area contributed by atoms with Crippen LogP contribution in [0.15, 0.2) is 41.4 Å². The number of aliphatic hydroxyl groups excluding tert-OH is 1. The summed E-state index contributed by atoms with van der Waals surface area (Å²) in [6.45, 7) is 4.15. The number of nitrogens with zero attached hydrogens (tertiary/aromatic N) is 3. The van der Waals surface area contributed by atoms with Gasteiger partial charge in [0, 0.05) is 24.1 Å². The number of nitriles is 1.